The maximum atomic E-state index is 13.0. The lowest BCUT2D eigenvalue weighted by atomic mass is 10.0. The number of anilines is 2. The number of fused-ring (bicyclic) bond motifs is 5. The average Bonchev–Trinajstić information content (AvgIpc) is 3.05. The summed E-state index contributed by atoms with van der Waals surface area (Å²) in [5.74, 6) is 0. The van der Waals surface area contributed by atoms with Gasteiger partial charge in [0.1, 0.15) is 0 Å². The van der Waals surface area contributed by atoms with E-state index in [-0.39, 0.29) is 41.7 Å². The van der Waals surface area contributed by atoms with Crippen LogP contribution in [0.15, 0.2) is 55.6 Å². The molecular formula is C20H10N2O4S. The highest BCUT2D eigenvalue weighted by Gasteiger charge is 2.22. The molecule has 0 aliphatic rings. The minimum absolute atomic E-state index is 0.0121. The van der Waals surface area contributed by atoms with Crippen LogP contribution in [0.1, 0.15) is 0 Å². The summed E-state index contributed by atoms with van der Waals surface area (Å²) in [6.07, 6.45) is 0. The van der Waals surface area contributed by atoms with Gasteiger partial charge in [-0.25, -0.2) is 0 Å². The zero-order chi connectivity index (χ0) is 19.0. The molecular weight excluding hydrogens is 364 g/mol. The molecule has 0 unspecified atom stereocenters. The fraction of sp³-hybridized carbons (Fsp3) is 0. The zero-order valence-electron chi connectivity index (χ0n) is 13.7. The number of hydrogen-bond donors (Lipinski definition) is 2. The van der Waals surface area contributed by atoms with Gasteiger partial charge in [0.2, 0.25) is 10.9 Å². The predicted molar refractivity (Wildman–Crippen MR) is 111 cm³/mol. The van der Waals surface area contributed by atoms with Crippen LogP contribution in [0.3, 0.4) is 0 Å². The summed E-state index contributed by atoms with van der Waals surface area (Å²) in [6.45, 7) is 0. The second-order valence-corrected chi connectivity index (χ2v) is 7.46. The van der Waals surface area contributed by atoms with Crippen LogP contribution in [0.5, 0.6) is 0 Å². The molecule has 130 valence electrons. The highest BCUT2D eigenvalue weighted by atomic mass is 32.1. The van der Waals surface area contributed by atoms with E-state index in [1.165, 1.54) is 36.4 Å². The lowest BCUT2D eigenvalue weighted by molar-refractivity contribution is 1.67. The van der Waals surface area contributed by atoms with Gasteiger partial charge in [-0.3, -0.25) is 19.2 Å². The highest BCUT2D eigenvalue weighted by molar-refractivity contribution is 7.25. The molecule has 0 saturated heterocycles. The third-order valence-electron chi connectivity index (χ3n) is 4.84. The van der Waals surface area contributed by atoms with Gasteiger partial charge < -0.3 is 11.5 Å². The molecule has 1 aromatic heterocycles. The van der Waals surface area contributed by atoms with Crippen LogP contribution in [0.25, 0.3) is 41.7 Å². The minimum atomic E-state index is -0.447. The molecule has 5 aromatic rings. The van der Waals surface area contributed by atoms with E-state index >= 15 is 0 Å². The SMILES string of the molecule is Nc1ccc2c(=O)c3c(sc4c(=O)c5cc(N)ccc5c(=O)c43)c(=O)c2c1. The van der Waals surface area contributed by atoms with E-state index in [2.05, 4.69) is 0 Å². The van der Waals surface area contributed by atoms with Crippen LogP contribution in [0, 0.1) is 0 Å². The molecule has 0 fully saturated rings. The van der Waals surface area contributed by atoms with Gasteiger partial charge in [-0.05, 0) is 36.4 Å². The number of nitrogens with two attached hydrogens (primary N) is 2. The maximum absolute atomic E-state index is 13.0. The summed E-state index contributed by atoms with van der Waals surface area (Å²) in [6, 6.07) is 8.88. The van der Waals surface area contributed by atoms with Crippen molar-refractivity contribution in [1.82, 2.24) is 0 Å². The number of thiophene rings is 1. The summed E-state index contributed by atoms with van der Waals surface area (Å²) in [7, 11) is 0. The Kier molecular flexibility index (Phi) is 2.89. The fourth-order valence-corrected chi connectivity index (χ4v) is 4.80. The Morgan fingerprint density at radius 2 is 0.963 bits per heavy atom. The van der Waals surface area contributed by atoms with Gasteiger partial charge in [0.05, 0.1) is 20.2 Å². The normalized spacial score (nSPS) is 11.9. The largest absolute Gasteiger partial charge is 0.399 e. The molecule has 4 aromatic carbocycles. The topological polar surface area (TPSA) is 120 Å². The van der Waals surface area contributed by atoms with E-state index in [9.17, 15) is 19.2 Å². The molecule has 0 saturated carbocycles. The van der Waals surface area contributed by atoms with Crippen LogP contribution in [0.2, 0.25) is 0 Å². The highest BCUT2D eigenvalue weighted by Crippen LogP contribution is 2.29. The zero-order valence-corrected chi connectivity index (χ0v) is 14.5. The summed E-state index contributed by atoms with van der Waals surface area (Å²) in [4.78, 5) is 51.9. The quantitative estimate of drug-likeness (QED) is 0.399. The van der Waals surface area contributed by atoms with Crippen molar-refractivity contribution < 1.29 is 0 Å². The van der Waals surface area contributed by atoms with Gasteiger partial charge in [-0.15, -0.1) is 11.3 Å². The molecule has 0 aliphatic heterocycles. The van der Waals surface area contributed by atoms with Crippen molar-refractivity contribution in [3.63, 3.8) is 0 Å². The first-order valence-electron chi connectivity index (χ1n) is 8.03. The van der Waals surface area contributed by atoms with Crippen molar-refractivity contribution >= 4 is 64.4 Å². The van der Waals surface area contributed by atoms with Crippen molar-refractivity contribution in [2.45, 2.75) is 0 Å². The number of rotatable bonds is 0. The standard InChI is InChI=1S/C20H10N2O4S/c21-7-1-3-9-11(5-7)17(25)19-13(15(9)23)14-16(24)10-4-2-8(22)6-12(10)18(26)20(14)27-19/h1-6H,21-22H2. The Labute approximate surface area is 153 Å². The van der Waals surface area contributed by atoms with Crippen molar-refractivity contribution in [2.24, 2.45) is 0 Å². The molecule has 1 heterocycles. The molecule has 0 bridgehead atoms. The molecule has 4 N–H and O–H groups in total. The van der Waals surface area contributed by atoms with Crippen LogP contribution >= 0.6 is 11.3 Å². The van der Waals surface area contributed by atoms with E-state index < -0.39 is 21.7 Å². The summed E-state index contributed by atoms with van der Waals surface area (Å²) in [5.41, 5.74) is 10.5. The van der Waals surface area contributed by atoms with Gasteiger partial charge in [0, 0.05) is 32.9 Å². The Hall–Kier alpha value is -3.58. The Morgan fingerprint density at radius 1 is 0.556 bits per heavy atom. The molecule has 0 atom stereocenters. The van der Waals surface area contributed by atoms with E-state index in [0.717, 1.165) is 11.3 Å². The average molecular weight is 374 g/mol. The first kappa shape index (κ1) is 15.7. The Balaban J connectivity index is 2.20. The Morgan fingerprint density at radius 3 is 1.37 bits per heavy atom. The van der Waals surface area contributed by atoms with Crippen LogP contribution in [-0.4, -0.2) is 0 Å². The number of hydrogen-bond acceptors (Lipinski definition) is 7. The predicted octanol–water partition coefficient (Wildman–Crippen LogP) is 1.84. The molecule has 0 radical (unpaired) electrons. The molecule has 6 nitrogen and oxygen atoms in total. The molecule has 5 rings (SSSR count). The molecule has 27 heavy (non-hydrogen) atoms. The first-order valence-corrected chi connectivity index (χ1v) is 8.84. The van der Waals surface area contributed by atoms with Crippen LogP contribution < -0.4 is 33.2 Å². The first-order chi connectivity index (χ1) is 12.9. The summed E-state index contributed by atoms with van der Waals surface area (Å²) in [5, 5.41) is 0.771. The summed E-state index contributed by atoms with van der Waals surface area (Å²) < 4.78 is 0.205. The van der Waals surface area contributed by atoms with Crippen LogP contribution in [0.4, 0.5) is 11.4 Å². The van der Waals surface area contributed by atoms with Gasteiger partial charge in [0.25, 0.3) is 0 Å². The molecule has 0 aliphatic carbocycles. The van der Waals surface area contributed by atoms with E-state index in [0.29, 0.717) is 11.4 Å². The van der Waals surface area contributed by atoms with E-state index in [4.69, 9.17) is 11.5 Å². The van der Waals surface area contributed by atoms with Gasteiger partial charge in [-0.2, -0.15) is 0 Å². The second-order valence-electron chi connectivity index (χ2n) is 6.44. The lowest BCUT2D eigenvalue weighted by Crippen LogP contribution is -2.15. The molecule has 0 spiro atoms. The number of nitrogen functional groups attached to an aromatic ring is 2. The smallest absolute Gasteiger partial charge is 0.204 e. The van der Waals surface area contributed by atoms with Crippen LogP contribution in [-0.2, 0) is 0 Å². The van der Waals surface area contributed by atoms with Crippen molar-refractivity contribution in [3.8, 4) is 0 Å². The monoisotopic (exact) mass is 374 g/mol. The maximum Gasteiger partial charge on any atom is 0.204 e. The summed E-state index contributed by atoms with van der Waals surface area (Å²) >= 11 is 0.878. The van der Waals surface area contributed by atoms with E-state index in [1.807, 2.05) is 0 Å². The van der Waals surface area contributed by atoms with Crippen molar-refractivity contribution in [3.05, 3.63) is 77.3 Å². The fourth-order valence-electron chi connectivity index (χ4n) is 3.59. The molecule has 7 heteroatoms. The Bertz CT molecular complexity index is 1550. The third kappa shape index (κ3) is 1.89. The third-order valence-corrected chi connectivity index (χ3v) is 6.03. The minimum Gasteiger partial charge on any atom is -0.399 e. The molecule has 0 amide bonds. The van der Waals surface area contributed by atoms with Crippen molar-refractivity contribution in [2.75, 3.05) is 11.5 Å². The van der Waals surface area contributed by atoms with E-state index in [1.54, 1.807) is 0 Å². The lowest BCUT2D eigenvalue weighted by Gasteiger charge is -2.00. The number of benzene rings is 4. The van der Waals surface area contributed by atoms with Gasteiger partial charge >= 0.3 is 0 Å². The van der Waals surface area contributed by atoms with Gasteiger partial charge in [0.15, 0.2) is 10.9 Å². The van der Waals surface area contributed by atoms with Crippen molar-refractivity contribution in [1.29, 1.82) is 0 Å². The van der Waals surface area contributed by atoms with Gasteiger partial charge in [-0.1, -0.05) is 0 Å². The second kappa shape index (κ2) is 4.99.